The highest BCUT2D eigenvalue weighted by atomic mass is 16.7. The first-order chi connectivity index (χ1) is 5.84. The SMILES string of the molecule is COCOC(C)c1ccccc1. The van der Waals surface area contributed by atoms with Gasteiger partial charge >= 0.3 is 0 Å². The first kappa shape index (κ1) is 9.23. The van der Waals surface area contributed by atoms with Crippen LogP contribution in [0.3, 0.4) is 0 Å². The van der Waals surface area contributed by atoms with Gasteiger partial charge in [0.25, 0.3) is 0 Å². The zero-order chi connectivity index (χ0) is 8.81. The standard InChI is InChI=1S/C10H14O2/c1-9(12-8-11-2)10-6-4-3-5-7-10/h3-7,9H,8H2,1-2H3. The first-order valence-corrected chi connectivity index (χ1v) is 4.00. The molecule has 2 heteroatoms. The molecule has 1 rings (SSSR count). The van der Waals surface area contributed by atoms with E-state index < -0.39 is 0 Å². The first-order valence-electron chi connectivity index (χ1n) is 4.00. The van der Waals surface area contributed by atoms with Crippen LogP contribution in [-0.4, -0.2) is 13.9 Å². The maximum Gasteiger partial charge on any atom is 0.147 e. The Labute approximate surface area is 73.1 Å². The summed E-state index contributed by atoms with van der Waals surface area (Å²) in [5, 5.41) is 0. The van der Waals surface area contributed by atoms with Crippen LogP contribution in [-0.2, 0) is 9.47 Å². The smallest absolute Gasteiger partial charge is 0.147 e. The molecule has 66 valence electrons. The Balaban J connectivity index is 2.48. The Kier molecular flexibility index (Phi) is 3.77. The molecule has 0 amide bonds. The third-order valence-corrected chi connectivity index (χ3v) is 1.70. The highest BCUT2D eigenvalue weighted by Crippen LogP contribution is 2.15. The Morgan fingerprint density at radius 2 is 1.92 bits per heavy atom. The summed E-state index contributed by atoms with van der Waals surface area (Å²) >= 11 is 0. The summed E-state index contributed by atoms with van der Waals surface area (Å²) < 4.78 is 10.2. The minimum absolute atomic E-state index is 0.103. The van der Waals surface area contributed by atoms with Gasteiger partial charge in [-0.2, -0.15) is 0 Å². The second-order valence-electron chi connectivity index (χ2n) is 2.63. The van der Waals surface area contributed by atoms with Gasteiger partial charge < -0.3 is 9.47 Å². The predicted molar refractivity (Wildman–Crippen MR) is 47.8 cm³/mol. The van der Waals surface area contributed by atoms with Crippen LogP contribution in [0, 0.1) is 0 Å². The number of methoxy groups -OCH3 is 1. The zero-order valence-electron chi connectivity index (χ0n) is 7.49. The van der Waals surface area contributed by atoms with E-state index in [1.54, 1.807) is 7.11 Å². The van der Waals surface area contributed by atoms with Crippen molar-refractivity contribution in [3.8, 4) is 0 Å². The minimum Gasteiger partial charge on any atom is -0.359 e. The fourth-order valence-electron chi connectivity index (χ4n) is 0.990. The van der Waals surface area contributed by atoms with Gasteiger partial charge in [-0.25, -0.2) is 0 Å². The van der Waals surface area contributed by atoms with Gasteiger partial charge in [0.2, 0.25) is 0 Å². The zero-order valence-corrected chi connectivity index (χ0v) is 7.49. The molecule has 0 aliphatic rings. The lowest BCUT2D eigenvalue weighted by Crippen LogP contribution is -2.02. The van der Waals surface area contributed by atoms with Crippen molar-refractivity contribution in [3.63, 3.8) is 0 Å². The highest BCUT2D eigenvalue weighted by Gasteiger charge is 2.02. The van der Waals surface area contributed by atoms with E-state index in [2.05, 4.69) is 0 Å². The molecule has 0 N–H and O–H groups in total. The maximum atomic E-state index is 5.35. The van der Waals surface area contributed by atoms with Crippen LogP contribution in [0.25, 0.3) is 0 Å². The van der Waals surface area contributed by atoms with Gasteiger partial charge in [0.1, 0.15) is 6.79 Å². The third kappa shape index (κ3) is 2.64. The van der Waals surface area contributed by atoms with Gasteiger partial charge in [0.15, 0.2) is 0 Å². The van der Waals surface area contributed by atoms with Gasteiger partial charge in [-0.05, 0) is 12.5 Å². The lowest BCUT2D eigenvalue weighted by atomic mass is 10.1. The van der Waals surface area contributed by atoms with Gasteiger partial charge in [0, 0.05) is 7.11 Å². The van der Waals surface area contributed by atoms with Crippen LogP contribution in [0.15, 0.2) is 30.3 Å². The fourth-order valence-corrected chi connectivity index (χ4v) is 0.990. The van der Waals surface area contributed by atoms with Crippen molar-refractivity contribution in [2.24, 2.45) is 0 Å². The predicted octanol–water partition coefficient (Wildman–Crippen LogP) is 2.37. The van der Waals surface area contributed by atoms with Crippen molar-refractivity contribution in [2.75, 3.05) is 13.9 Å². The fraction of sp³-hybridized carbons (Fsp3) is 0.400. The summed E-state index contributed by atoms with van der Waals surface area (Å²) in [6.07, 6.45) is 0.103. The Bertz CT molecular complexity index is 208. The van der Waals surface area contributed by atoms with Crippen molar-refractivity contribution in [1.82, 2.24) is 0 Å². The Hall–Kier alpha value is -0.860. The Morgan fingerprint density at radius 1 is 1.25 bits per heavy atom. The molecule has 1 unspecified atom stereocenters. The molecule has 0 fully saturated rings. The summed E-state index contributed by atoms with van der Waals surface area (Å²) in [6, 6.07) is 10.1. The molecule has 1 aromatic rings. The molecule has 0 aliphatic heterocycles. The minimum atomic E-state index is 0.103. The summed E-state index contributed by atoms with van der Waals surface area (Å²) in [4.78, 5) is 0. The van der Waals surface area contributed by atoms with E-state index in [4.69, 9.17) is 9.47 Å². The molecule has 12 heavy (non-hydrogen) atoms. The molecule has 0 aromatic heterocycles. The molecule has 0 radical (unpaired) electrons. The van der Waals surface area contributed by atoms with Gasteiger partial charge in [-0.3, -0.25) is 0 Å². The molecule has 1 aromatic carbocycles. The van der Waals surface area contributed by atoms with Crippen molar-refractivity contribution < 1.29 is 9.47 Å². The second kappa shape index (κ2) is 4.91. The van der Waals surface area contributed by atoms with E-state index >= 15 is 0 Å². The average molecular weight is 166 g/mol. The monoisotopic (exact) mass is 166 g/mol. The van der Waals surface area contributed by atoms with Gasteiger partial charge in [-0.15, -0.1) is 0 Å². The molecule has 0 bridgehead atoms. The summed E-state index contributed by atoms with van der Waals surface area (Å²) in [6.45, 7) is 2.35. The number of hydrogen-bond donors (Lipinski definition) is 0. The lowest BCUT2D eigenvalue weighted by Gasteiger charge is -2.11. The van der Waals surface area contributed by atoms with E-state index in [9.17, 15) is 0 Å². The van der Waals surface area contributed by atoms with Crippen LogP contribution >= 0.6 is 0 Å². The molecular weight excluding hydrogens is 152 g/mol. The van der Waals surface area contributed by atoms with Crippen molar-refractivity contribution in [3.05, 3.63) is 35.9 Å². The molecular formula is C10H14O2. The third-order valence-electron chi connectivity index (χ3n) is 1.70. The maximum absolute atomic E-state index is 5.35. The van der Waals surface area contributed by atoms with E-state index in [-0.39, 0.29) is 6.10 Å². The Morgan fingerprint density at radius 3 is 2.50 bits per heavy atom. The molecule has 0 saturated carbocycles. The second-order valence-corrected chi connectivity index (χ2v) is 2.63. The molecule has 0 saturated heterocycles. The van der Waals surface area contributed by atoms with Crippen molar-refractivity contribution in [1.29, 1.82) is 0 Å². The molecule has 0 spiro atoms. The molecule has 1 atom stereocenters. The number of benzene rings is 1. The van der Waals surface area contributed by atoms with Crippen LogP contribution in [0.1, 0.15) is 18.6 Å². The van der Waals surface area contributed by atoms with Crippen LogP contribution in [0.2, 0.25) is 0 Å². The number of ether oxygens (including phenoxy) is 2. The summed E-state index contributed by atoms with van der Waals surface area (Å²) in [5.74, 6) is 0. The van der Waals surface area contributed by atoms with Crippen LogP contribution < -0.4 is 0 Å². The van der Waals surface area contributed by atoms with Crippen LogP contribution in [0.5, 0.6) is 0 Å². The largest absolute Gasteiger partial charge is 0.359 e. The van der Waals surface area contributed by atoms with E-state index in [0.29, 0.717) is 6.79 Å². The number of rotatable bonds is 4. The molecule has 0 aliphatic carbocycles. The summed E-state index contributed by atoms with van der Waals surface area (Å²) in [7, 11) is 1.62. The summed E-state index contributed by atoms with van der Waals surface area (Å²) in [5.41, 5.74) is 1.18. The lowest BCUT2D eigenvalue weighted by molar-refractivity contribution is -0.0666. The average Bonchev–Trinajstić information content (AvgIpc) is 2.15. The van der Waals surface area contributed by atoms with Crippen LogP contribution in [0.4, 0.5) is 0 Å². The number of hydrogen-bond acceptors (Lipinski definition) is 2. The molecule has 2 nitrogen and oxygen atoms in total. The normalized spacial score (nSPS) is 12.8. The topological polar surface area (TPSA) is 18.5 Å². The van der Waals surface area contributed by atoms with E-state index in [1.165, 1.54) is 5.56 Å². The van der Waals surface area contributed by atoms with Crippen molar-refractivity contribution >= 4 is 0 Å². The highest BCUT2D eigenvalue weighted by molar-refractivity contribution is 5.16. The van der Waals surface area contributed by atoms with Crippen molar-refractivity contribution in [2.45, 2.75) is 13.0 Å². The van der Waals surface area contributed by atoms with E-state index in [0.717, 1.165) is 0 Å². The van der Waals surface area contributed by atoms with Gasteiger partial charge in [-0.1, -0.05) is 30.3 Å². The van der Waals surface area contributed by atoms with Gasteiger partial charge in [0.05, 0.1) is 6.10 Å². The van der Waals surface area contributed by atoms with E-state index in [1.807, 2.05) is 37.3 Å². The quantitative estimate of drug-likeness (QED) is 0.639. The molecule has 0 heterocycles.